The van der Waals surface area contributed by atoms with Gasteiger partial charge in [0.1, 0.15) is 18.8 Å². The lowest BCUT2D eigenvalue weighted by Gasteiger charge is -2.22. The molecule has 0 saturated carbocycles. The molecule has 9 heteroatoms. The van der Waals surface area contributed by atoms with Crippen LogP contribution in [0.1, 0.15) is 12.5 Å². The number of rotatable bonds is 6. The molecule has 0 bridgehead atoms. The van der Waals surface area contributed by atoms with E-state index in [0.29, 0.717) is 5.56 Å². The largest absolute Gasteiger partial charge is 0.411 e. The Kier molecular flexibility index (Phi) is 5.12. The van der Waals surface area contributed by atoms with Gasteiger partial charge in [0, 0.05) is 18.8 Å². The molecule has 0 saturated heterocycles. The molecule has 114 valence electrons. The highest BCUT2D eigenvalue weighted by molar-refractivity contribution is 5.77. The van der Waals surface area contributed by atoms with Crippen LogP contribution in [0.15, 0.2) is 12.4 Å². The average Bonchev–Trinajstić information content (AvgIpc) is 2.72. The van der Waals surface area contributed by atoms with Crippen molar-refractivity contribution in [2.24, 2.45) is 7.05 Å². The SMILES string of the molecule is Cn1cc(C(C)(O)CNC(=O)COCC(F)(F)F)cn1. The fourth-order valence-electron chi connectivity index (χ4n) is 1.38. The van der Waals surface area contributed by atoms with E-state index in [1.165, 1.54) is 17.8 Å². The molecule has 2 N–H and O–H groups in total. The van der Waals surface area contributed by atoms with Crippen molar-refractivity contribution < 1.29 is 27.8 Å². The fourth-order valence-corrected chi connectivity index (χ4v) is 1.38. The first-order valence-electron chi connectivity index (χ1n) is 5.73. The quantitative estimate of drug-likeness (QED) is 0.792. The molecule has 0 aromatic carbocycles. The number of alkyl halides is 3. The summed E-state index contributed by atoms with van der Waals surface area (Å²) in [5.74, 6) is -0.738. The number of nitrogens with one attached hydrogen (secondary N) is 1. The Labute approximate surface area is 113 Å². The third kappa shape index (κ3) is 5.57. The second kappa shape index (κ2) is 6.23. The molecule has 0 fully saturated rings. The van der Waals surface area contributed by atoms with Crippen LogP contribution in [0, 0.1) is 0 Å². The minimum Gasteiger partial charge on any atom is -0.383 e. The molecule has 1 aromatic rings. The zero-order valence-electron chi connectivity index (χ0n) is 11.1. The van der Waals surface area contributed by atoms with Gasteiger partial charge < -0.3 is 15.2 Å². The molecule has 0 radical (unpaired) electrons. The average molecular weight is 295 g/mol. The Hall–Kier alpha value is -1.61. The lowest BCUT2D eigenvalue weighted by molar-refractivity contribution is -0.175. The molecule has 0 spiro atoms. The first-order chi connectivity index (χ1) is 9.10. The second-order valence-corrected chi connectivity index (χ2v) is 4.56. The van der Waals surface area contributed by atoms with Crippen LogP contribution in [0.25, 0.3) is 0 Å². The maximum Gasteiger partial charge on any atom is 0.411 e. The molecule has 1 atom stereocenters. The highest BCUT2D eigenvalue weighted by Crippen LogP contribution is 2.18. The van der Waals surface area contributed by atoms with Gasteiger partial charge >= 0.3 is 6.18 Å². The number of ether oxygens (including phenoxy) is 1. The molecule has 0 aliphatic heterocycles. The number of aryl methyl sites for hydroxylation is 1. The lowest BCUT2D eigenvalue weighted by atomic mass is 10.00. The molecule has 1 amide bonds. The highest BCUT2D eigenvalue weighted by atomic mass is 19.4. The van der Waals surface area contributed by atoms with Gasteiger partial charge in [-0.3, -0.25) is 9.48 Å². The first-order valence-corrected chi connectivity index (χ1v) is 5.73. The first kappa shape index (κ1) is 16.4. The van der Waals surface area contributed by atoms with E-state index >= 15 is 0 Å². The van der Waals surface area contributed by atoms with Crippen LogP contribution in [-0.2, 0) is 22.2 Å². The van der Waals surface area contributed by atoms with Crippen molar-refractivity contribution in [1.82, 2.24) is 15.1 Å². The summed E-state index contributed by atoms with van der Waals surface area (Å²) in [4.78, 5) is 11.3. The molecular formula is C11H16F3N3O3. The minimum atomic E-state index is -4.47. The van der Waals surface area contributed by atoms with E-state index in [1.807, 2.05) is 0 Å². The smallest absolute Gasteiger partial charge is 0.383 e. The Morgan fingerprint density at radius 1 is 1.55 bits per heavy atom. The molecule has 20 heavy (non-hydrogen) atoms. The number of hydrogen-bond acceptors (Lipinski definition) is 4. The van der Waals surface area contributed by atoms with E-state index < -0.39 is 30.9 Å². The topological polar surface area (TPSA) is 76.4 Å². The molecular weight excluding hydrogens is 279 g/mol. The van der Waals surface area contributed by atoms with Crippen molar-refractivity contribution >= 4 is 5.91 Å². The summed E-state index contributed by atoms with van der Waals surface area (Å²) < 4.78 is 41.1. The van der Waals surface area contributed by atoms with Crippen LogP contribution in [0.5, 0.6) is 0 Å². The van der Waals surface area contributed by atoms with Crippen molar-refractivity contribution in [3.05, 3.63) is 18.0 Å². The Balaban J connectivity index is 2.37. The Morgan fingerprint density at radius 3 is 2.70 bits per heavy atom. The minimum absolute atomic E-state index is 0.160. The number of amides is 1. The summed E-state index contributed by atoms with van der Waals surface area (Å²) in [6, 6.07) is 0. The number of carbonyl (C=O) groups excluding carboxylic acids is 1. The molecule has 1 unspecified atom stereocenters. The lowest BCUT2D eigenvalue weighted by Crippen LogP contribution is -2.40. The van der Waals surface area contributed by atoms with Gasteiger partial charge in [-0.1, -0.05) is 0 Å². The van der Waals surface area contributed by atoms with E-state index in [4.69, 9.17) is 0 Å². The third-order valence-electron chi connectivity index (χ3n) is 2.46. The second-order valence-electron chi connectivity index (χ2n) is 4.56. The van der Waals surface area contributed by atoms with Gasteiger partial charge in [-0.05, 0) is 6.92 Å². The van der Waals surface area contributed by atoms with Crippen LogP contribution in [0.2, 0.25) is 0 Å². The van der Waals surface area contributed by atoms with Gasteiger partial charge in [-0.25, -0.2) is 0 Å². The van der Waals surface area contributed by atoms with E-state index in [0.717, 1.165) is 0 Å². The summed E-state index contributed by atoms with van der Waals surface area (Å²) in [5.41, 5.74) is -0.884. The van der Waals surface area contributed by atoms with Crippen LogP contribution >= 0.6 is 0 Å². The van der Waals surface area contributed by atoms with Crippen molar-refractivity contribution in [2.45, 2.75) is 18.7 Å². The summed E-state index contributed by atoms with van der Waals surface area (Å²) in [7, 11) is 1.67. The van der Waals surface area contributed by atoms with Gasteiger partial charge in [0.05, 0.1) is 12.7 Å². The van der Waals surface area contributed by atoms with Crippen molar-refractivity contribution in [1.29, 1.82) is 0 Å². The van der Waals surface area contributed by atoms with Crippen LogP contribution in [0.4, 0.5) is 13.2 Å². The predicted molar refractivity (Wildman–Crippen MR) is 62.7 cm³/mol. The zero-order valence-corrected chi connectivity index (χ0v) is 11.1. The Bertz CT molecular complexity index is 457. The van der Waals surface area contributed by atoms with Crippen LogP contribution < -0.4 is 5.32 Å². The monoisotopic (exact) mass is 295 g/mol. The molecule has 1 aromatic heterocycles. The Morgan fingerprint density at radius 2 is 2.20 bits per heavy atom. The number of carbonyl (C=O) groups is 1. The molecule has 6 nitrogen and oxygen atoms in total. The number of nitrogens with zero attached hydrogens (tertiary/aromatic N) is 2. The summed E-state index contributed by atoms with van der Waals surface area (Å²) in [5, 5.41) is 16.3. The zero-order chi connectivity index (χ0) is 15.4. The van der Waals surface area contributed by atoms with Crippen LogP contribution in [0.3, 0.4) is 0 Å². The third-order valence-corrected chi connectivity index (χ3v) is 2.46. The van der Waals surface area contributed by atoms with Crippen molar-refractivity contribution in [2.75, 3.05) is 19.8 Å². The maximum atomic E-state index is 11.8. The van der Waals surface area contributed by atoms with Crippen molar-refractivity contribution in [3.8, 4) is 0 Å². The van der Waals surface area contributed by atoms with Gasteiger partial charge in [0.15, 0.2) is 0 Å². The summed E-state index contributed by atoms with van der Waals surface area (Å²) in [6.07, 6.45) is -1.46. The summed E-state index contributed by atoms with van der Waals surface area (Å²) >= 11 is 0. The van der Waals surface area contributed by atoms with Crippen molar-refractivity contribution in [3.63, 3.8) is 0 Å². The van der Waals surface area contributed by atoms with Gasteiger partial charge in [0.2, 0.25) is 5.91 Å². The number of aliphatic hydroxyl groups is 1. The summed E-state index contributed by atoms with van der Waals surface area (Å²) in [6.45, 7) is -0.907. The predicted octanol–water partition coefficient (Wildman–Crippen LogP) is 0.323. The van der Waals surface area contributed by atoms with E-state index in [9.17, 15) is 23.1 Å². The van der Waals surface area contributed by atoms with E-state index in [2.05, 4.69) is 15.2 Å². The standard InChI is InChI=1S/C11H16F3N3O3/c1-10(19,8-3-16-17(2)4-8)6-15-9(18)5-20-7-11(12,13)14/h3-4,19H,5-7H2,1-2H3,(H,15,18). The molecule has 1 heterocycles. The molecule has 0 aliphatic rings. The normalized spacial score (nSPS) is 14.9. The van der Waals surface area contributed by atoms with E-state index in [1.54, 1.807) is 13.2 Å². The maximum absolute atomic E-state index is 11.8. The van der Waals surface area contributed by atoms with Gasteiger partial charge in [0.25, 0.3) is 0 Å². The van der Waals surface area contributed by atoms with Crippen LogP contribution in [-0.4, -0.2) is 46.7 Å². The van der Waals surface area contributed by atoms with Gasteiger partial charge in [-0.2, -0.15) is 18.3 Å². The fraction of sp³-hybridized carbons (Fsp3) is 0.636. The highest BCUT2D eigenvalue weighted by Gasteiger charge is 2.28. The molecule has 0 aliphatic carbocycles. The number of hydrogen-bond donors (Lipinski definition) is 2. The number of aromatic nitrogens is 2. The molecule has 1 rings (SSSR count). The van der Waals surface area contributed by atoms with E-state index in [-0.39, 0.29) is 6.54 Å². The van der Waals surface area contributed by atoms with Gasteiger partial charge in [-0.15, -0.1) is 0 Å². The number of halogens is 3.